The van der Waals surface area contributed by atoms with Gasteiger partial charge in [-0.1, -0.05) is 23.7 Å². The van der Waals surface area contributed by atoms with Crippen LogP contribution in [0.5, 0.6) is 11.5 Å². The second-order valence-corrected chi connectivity index (χ2v) is 7.63. The van der Waals surface area contributed by atoms with E-state index in [0.717, 1.165) is 17.1 Å². The second kappa shape index (κ2) is 7.88. The van der Waals surface area contributed by atoms with Gasteiger partial charge in [-0.2, -0.15) is 0 Å². The molecule has 1 fully saturated rings. The molecule has 0 radical (unpaired) electrons. The van der Waals surface area contributed by atoms with Crippen molar-refractivity contribution in [3.63, 3.8) is 0 Å². The molecule has 0 saturated carbocycles. The molecule has 0 atom stereocenters. The number of fused-ring (bicyclic) bond motifs is 2. The predicted octanol–water partition coefficient (Wildman–Crippen LogP) is 3.83. The third-order valence-corrected chi connectivity index (χ3v) is 5.48. The summed E-state index contributed by atoms with van der Waals surface area (Å²) in [7, 11) is 0. The highest BCUT2D eigenvalue weighted by atomic mass is 35.5. The molecule has 2 aliphatic rings. The summed E-state index contributed by atoms with van der Waals surface area (Å²) < 4.78 is 6.12. The monoisotopic (exact) mass is 435 g/mol. The molecule has 0 spiro atoms. The van der Waals surface area contributed by atoms with E-state index in [2.05, 4.69) is 14.9 Å². The summed E-state index contributed by atoms with van der Waals surface area (Å²) in [4.78, 5) is 28.6. The zero-order chi connectivity index (χ0) is 21.4. The van der Waals surface area contributed by atoms with Crippen molar-refractivity contribution < 1.29 is 14.6 Å². The lowest BCUT2D eigenvalue weighted by Crippen LogP contribution is -2.49. The summed E-state index contributed by atoms with van der Waals surface area (Å²) in [5, 5.41) is 9.64. The zero-order valence-corrected chi connectivity index (χ0v) is 17.2. The molecule has 156 valence electrons. The maximum Gasteiger partial charge on any atom is 0.338 e. The predicted molar refractivity (Wildman–Crippen MR) is 117 cm³/mol. The van der Waals surface area contributed by atoms with Crippen LogP contribution in [0, 0.1) is 0 Å². The molecular weight excluding hydrogens is 418 g/mol. The number of nitrogens with zero attached hydrogens (tertiary/aromatic N) is 5. The first-order valence-corrected chi connectivity index (χ1v) is 10.2. The number of halogens is 1. The molecule has 8 nitrogen and oxygen atoms in total. The van der Waals surface area contributed by atoms with Crippen molar-refractivity contribution in [3.8, 4) is 11.5 Å². The minimum atomic E-state index is -1.04. The average Bonchev–Trinajstić information content (AvgIpc) is 2.96. The Balaban J connectivity index is 1.42. The number of piperazine rings is 1. The first kappa shape index (κ1) is 19.3. The quantitative estimate of drug-likeness (QED) is 0.654. The van der Waals surface area contributed by atoms with E-state index < -0.39 is 5.97 Å². The standard InChI is InChI=1S/C22H18ClN5O3/c23-15-5-6-18-16(11-15)20(26-17-3-1-2-4-19(17)31-18)27-7-9-28(10-8-27)22-24-12-14(13-25-22)21(29)30/h1-6,11-13H,7-10H2,(H,29,30). The summed E-state index contributed by atoms with van der Waals surface area (Å²) in [6.45, 7) is 2.72. The number of carbonyl (C=O) groups is 1. The summed E-state index contributed by atoms with van der Waals surface area (Å²) in [6, 6.07) is 13.2. The van der Waals surface area contributed by atoms with E-state index in [1.807, 2.05) is 47.4 Å². The Morgan fingerprint density at radius 1 is 0.968 bits per heavy atom. The van der Waals surface area contributed by atoms with Crippen molar-refractivity contribution >= 4 is 35.0 Å². The smallest absolute Gasteiger partial charge is 0.338 e. The fourth-order valence-corrected chi connectivity index (χ4v) is 3.82. The van der Waals surface area contributed by atoms with Gasteiger partial charge in [0.25, 0.3) is 0 Å². The maximum atomic E-state index is 11.0. The first-order chi connectivity index (χ1) is 15.1. The number of para-hydroxylation sites is 2. The molecule has 31 heavy (non-hydrogen) atoms. The number of carboxylic acid groups (broad SMARTS) is 1. The largest absolute Gasteiger partial charge is 0.478 e. The Morgan fingerprint density at radius 3 is 2.42 bits per heavy atom. The molecule has 1 saturated heterocycles. The Labute approximate surface area is 183 Å². The first-order valence-electron chi connectivity index (χ1n) is 9.79. The van der Waals surface area contributed by atoms with E-state index in [4.69, 9.17) is 26.4 Å². The van der Waals surface area contributed by atoms with Crippen LogP contribution in [0.15, 0.2) is 59.9 Å². The lowest BCUT2D eigenvalue weighted by molar-refractivity contribution is 0.0696. The molecule has 1 N–H and O–H groups in total. The maximum absolute atomic E-state index is 11.0. The minimum absolute atomic E-state index is 0.0716. The van der Waals surface area contributed by atoms with E-state index in [1.54, 1.807) is 0 Å². The highest BCUT2D eigenvalue weighted by Crippen LogP contribution is 2.39. The van der Waals surface area contributed by atoms with Gasteiger partial charge in [-0.15, -0.1) is 0 Å². The van der Waals surface area contributed by atoms with Crippen LogP contribution < -0.4 is 9.64 Å². The third-order valence-electron chi connectivity index (χ3n) is 5.24. The van der Waals surface area contributed by atoms with Crippen LogP contribution in [0.3, 0.4) is 0 Å². The van der Waals surface area contributed by atoms with Crippen molar-refractivity contribution in [2.75, 3.05) is 31.1 Å². The molecule has 2 aliphatic heterocycles. The molecular formula is C22H18ClN5O3. The number of ether oxygens (including phenoxy) is 1. The molecule has 0 bridgehead atoms. The van der Waals surface area contributed by atoms with Gasteiger partial charge in [0.15, 0.2) is 5.75 Å². The molecule has 5 rings (SSSR count). The molecule has 9 heteroatoms. The average molecular weight is 436 g/mol. The number of rotatable bonds is 2. The number of aromatic carboxylic acids is 1. The van der Waals surface area contributed by atoms with Gasteiger partial charge in [0, 0.05) is 43.6 Å². The molecule has 0 unspecified atom stereocenters. The Hall–Kier alpha value is -3.65. The van der Waals surface area contributed by atoms with Crippen LogP contribution in [0.25, 0.3) is 0 Å². The topological polar surface area (TPSA) is 91.2 Å². The van der Waals surface area contributed by atoms with Gasteiger partial charge in [0.05, 0.1) is 11.1 Å². The van der Waals surface area contributed by atoms with Crippen LogP contribution >= 0.6 is 11.6 Å². The number of hydrogen-bond donors (Lipinski definition) is 1. The number of anilines is 1. The fourth-order valence-electron chi connectivity index (χ4n) is 3.65. The normalized spacial score (nSPS) is 15.3. The van der Waals surface area contributed by atoms with E-state index in [-0.39, 0.29) is 5.56 Å². The van der Waals surface area contributed by atoms with Crippen molar-refractivity contribution in [2.24, 2.45) is 4.99 Å². The van der Waals surface area contributed by atoms with Gasteiger partial charge in [0.2, 0.25) is 5.95 Å². The van der Waals surface area contributed by atoms with Crippen molar-refractivity contribution in [1.29, 1.82) is 0 Å². The van der Waals surface area contributed by atoms with Gasteiger partial charge in [-0.3, -0.25) is 0 Å². The molecule has 3 heterocycles. The number of hydrogen-bond acceptors (Lipinski definition) is 7. The summed E-state index contributed by atoms with van der Waals surface area (Å²) >= 11 is 6.29. The SMILES string of the molecule is O=C(O)c1cnc(N2CCN(C3=Nc4ccccc4Oc4ccc(Cl)cc43)CC2)nc1. The minimum Gasteiger partial charge on any atom is -0.478 e. The third kappa shape index (κ3) is 3.77. The number of carboxylic acids is 1. The van der Waals surface area contributed by atoms with E-state index in [1.165, 1.54) is 12.4 Å². The fraction of sp³-hybridized carbons (Fsp3) is 0.182. The Kier molecular flexibility index (Phi) is 4.91. The van der Waals surface area contributed by atoms with Crippen molar-refractivity contribution in [3.05, 3.63) is 71.0 Å². The summed E-state index contributed by atoms with van der Waals surface area (Å²) in [5.41, 5.74) is 1.68. The molecule has 1 aromatic heterocycles. The van der Waals surface area contributed by atoms with Crippen molar-refractivity contribution in [1.82, 2.24) is 14.9 Å². The van der Waals surface area contributed by atoms with Crippen LogP contribution in [0.1, 0.15) is 15.9 Å². The zero-order valence-electron chi connectivity index (χ0n) is 16.4. The highest BCUT2D eigenvalue weighted by molar-refractivity contribution is 6.31. The van der Waals surface area contributed by atoms with Gasteiger partial charge >= 0.3 is 5.97 Å². The number of aliphatic imine (C=N–C) groups is 1. The summed E-state index contributed by atoms with van der Waals surface area (Å²) in [5.74, 6) is 1.70. The molecule has 0 aliphatic carbocycles. The van der Waals surface area contributed by atoms with Crippen LogP contribution in [-0.4, -0.2) is 58.0 Å². The number of benzene rings is 2. The van der Waals surface area contributed by atoms with Crippen LogP contribution in [0.4, 0.5) is 11.6 Å². The molecule has 2 aromatic carbocycles. The molecule has 0 amide bonds. The lowest BCUT2D eigenvalue weighted by Gasteiger charge is -2.36. The van der Waals surface area contributed by atoms with Gasteiger partial charge in [-0.25, -0.2) is 19.8 Å². The van der Waals surface area contributed by atoms with E-state index in [0.29, 0.717) is 48.6 Å². The van der Waals surface area contributed by atoms with Crippen LogP contribution in [0.2, 0.25) is 5.02 Å². The second-order valence-electron chi connectivity index (χ2n) is 7.20. The number of amidine groups is 1. The number of aromatic nitrogens is 2. The molecule has 3 aromatic rings. The Bertz CT molecular complexity index is 1170. The van der Waals surface area contributed by atoms with Gasteiger partial charge < -0.3 is 19.6 Å². The Morgan fingerprint density at radius 2 is 1.68 bits per heavy atom. The van der Waals surface area contributed by atoms with Gasteiger partial charge in [0.1, 0.15) is 17.3 Å². The van der Waals surface area contributed by atoms with E-state index in [9.17, 15) is 4.79 Å². The highest BCUT2D eigenvalue weighted by Gasteiger charge is 2.27. The van der Waals surface area contributed by atoms with E-state index >= 15 is 0 Å². The lowest BCUT2D eigenvalue weighted by atomic mass is 10.1. The van der Waals surface area contributed by atoms with Crippen molar-refractivity contribution in [2.45, 2.75) is 0 Å². The van der Waals surface area contributed by atoms with Crippen LogP contribution in [-0.2, 0) is 0 Å². The summed E-state index contributed by atoms with van der Waals surface area (Å²) in [6.07, 6.45) is 2.66. The van der Waals surface area contributed by atoms with Gasteiger partial charge in [-0.05, 0) is 30.3 Å².